The first-order valence-corrected chi connectivity index (χ1v) is 19.2. The third-order valence-corrected chi connectivity index (χ3v) is 13.2. The third-order valence-electron chi connectivity index (χ3n) is 10.6. The third kappa shape index (κ3) is 6.13. The first-order chi connectivity index (χ1) is 25.7. The molecule has 0 spiro atoms. The van der Waals surface area contributed by atoms with Crippen LogP contribution < -0.4 is 19.8 Å². The maximum Gasteiger partial charge on any atom is 0.338 e. The van der Waals surface area contributed by atoms with Crippen LogP contribution in [0.3, 0.4) is 0 Å². The lowest BCUT2D eigenvalue weighted by Crippen LogP contribution is -2.42. The largest absolute Gasteiger partial charge is 0.484 e. The first kappa shape index (κ1) is 34.9. The summed E-state index contributed by atoms with van der Waals surface area (Å²) in [6, 6.07) is 20.3. The number of benzene rings is 3. The summed E-state index contributed by atoms with van der Waals surface area (Å²) < 4.78 is 15.9. The average Bonchev–Trinajstić information content (AvgIpc) is 3.90. The number of thioether (sulfide) groups is 1. The van der Waals surface area contributed by atoms with Crippen molar-refractivity contribution in [3.63, 3.8) is 0 Å². The van der Waals surface area contributed by atoms with Gasteiger partial charge in [-0.1, -0.05) is 23.5 Å². The molecule has 272 valence electrons. The molecule has 2 saturated carbocycles. The topological polar surface area (TPSA) is 161 Å². The molecule has 2 aliphatic carbocycles. The number of amides is 3. The number of aromatic amines is 1. The average molecular weight is 754 g/mol. The number of ether oxygens (including phenoxy) is 3. The van der Waals surface area contributed by atoms with E-state index >= 15 is 0 Å². The molecule has 2 bridgehead atoms. The van der Waals surface area contributed by atoms with E-state index in [9.17, 15) is 28.8 Å². The summed E-state index contributed by atoms with van der Waals surface area (Å²) in [7, 11) is 0. The highest BCUT2D eigenvalue weighted by molar-refractivity contribution is 8.00. The number of rotatable bonds is 10. The standard InChI is InChI=1S/C39H35N3O9S2/c1-3-49-37(46)20-5-11-22(12-6-20)40-27(43)18-51-24-15-9-19(10-16-24)28-29-25-17-26(32(29)52-34-33(28)53-39(48)41-34)31-30(25)35(44)42(36(31)45)23-13-7-21(8-14-23)38(47)50-4-2/h5-16,25-26,28-32H,3-4,17-18H2,1-2H3,(H,40,43)(H,41,48)/t25-,26-,28-,29?,30?,31?,32?/m1/s1. The molecule has 3 aromatic carbocycles. The number of esters is 2. The highest BCUT2D eigenvalue weighted by Gasteiger charge is 2.69. The second kappa shape index (κ2) is 14.0. The van der Waals surface area contributed by atoms with Crippen LogP contribution >= 0.6 is 23.1 Å². The summed E-state index contributed by atoms with van der Waals surface area (Å²) in [5.74, 6) is -2.40. The number of hydrogen-bond donors (Lipinski definition) is 2. The number of carbonyl (C=O) groups is 5. The molecule has 1 aromatic heterocycles. The molecule has 3 heterocycles. The molecule has 12 nitrogen and oxygen atoms in total. The zero-order chi connectivity index (χ0) is 37.0. The number of carbonyl (C=O) groups excluding carboxylic acids is 5. The smallest absolute Gasteiger partial charge is 0.338 e. The van der Waals surface area contributed by atoms with E-state index in [1.54, 1.807) is 86.3 Å². The minimum absolute atomic E-state index is 0.0147. The number of nitrogens with zero attached hydrogens (tertiary/aromatic N) is 1. The van der Waals surface area contributed by atoms with Gasteiger partial charge in [-0.05, 0) is 104 Å². The summed E-state index contributed by atoms with van der Waals surface area (Å²) in [4.78, 5) is 82.6. The zero-order valence-electron chi connectivity index (χ0n) is 28.7. The van der Waals surface area contributed by atoms with Crippen LogP contribution in [0.25, 0.3) is 0 Å². The van der Waals surface area contributed by atoms with E-state index in [1.165, 1.54) is 16.2 Å². The van der Waals surface area contributed by atoms with Crippen molar-refractivity contribution in [2.75, 3.05) is 30.0 Å². The van der Waals surface area contributed by atoms with E-state index in [1.807, 2.05) is 12.1 Å². The number of nitrogens with one attached hydrogen (secondary N) is 2. The zero-order valence-corrected chi connectivity index (χ0v) is 30.4. The van der Waals surface area contributed by atoms with Gasteiger partial charge in [-0.3, -0.25) is 24.1 Å². The molecule has 4 aliphatic rings. The molecule has 4 unspecified atom stereocenters. The molecule has 53 heavy (non-hydrogen) atoms. The van der Waals surface area contributed by atoms with Crippen molar-refractivity contribution in [1.82, 2.24) is 4.98 Å². The molecule has 4 aromatic rings. The van der Waals surface area contributed by atoms with Crippen molar-refractivity contribution in [2.45, 2.75) is 36.5 Å². The second-order valence-electron chi connectivity index (χ2n) is 13.4. The number of thiazole rings is 1. The quantitative estimate of drug-likeness (QED) is 0.157. The Labute approximate surface area is 312 Å². The van der Waals surface area contributed by atoms with E-state index in [4.69, 9.17) is 14.2 Å². The van der Waals surface area contributed by atoms with Crippen molar-refractivity contribution in [3.05, 3.63) is 104 Å². The van der Waals surface area contributed by atoms with Gasteiger partial charge in [0.05, 0.1) is 46.9 Å². The number of fused-ring (bicyclic) bond motifs is 9. The van der Waals surface area contributed by atoms with Gasteiger partial charge in [0.15, 0.2) is 6.61 Å². The Morgan fingerprint density at radius 2 is 1.42 bits per heavy atom. The van der Waals surface area contributed by atoms with Crippen LogP contribution in [0.1, 0.15) is 57.3 Å². The number of imide groups is 1. The van der Waals surface area contributed by atoms with Crippen LogP contribution in [0.15, 0.2) is 82.6 Å². The van der Waals surface area contributed by atoms with Gasteiger partial charge in [0.2, 0.25) is 11.8 Å². The summed E-state index contributed by atoms with van der Waals surface area (Å²) in [6.45, 7) is 3.74. The SMILES string of the molecule is CCOC(=O)c1ccc(NC(=O)COc2ccc([C@H]3c4sc(=O)[nH]c4SC4C3[C@H]3C[C@@H]4C4C(=O)N(c5ccc(C(=O)OCC)cc5)C(=O)C43)cc2)cc1. The van der Waals surface area contributed by atoms with Crippen molar-refractivity contribution >= 4 is 64.1 Å². The van der Waals surface area contributed by atoms with Crippen molar-refractivity contribution in [3.8, 4) is 5.75 Å². The Bertz CT molecular complexity index is 2160. The maximum atomic E-state index is 14.1. The monoisotopic (exact) mass is 753 g/mol. The second-order valence-corrected chi connectivity index (χ2v) is 15.6. The predicted octanol–water partition coefficient (Wildman–Crippen LogP) is 5.49. The van der Waals surface area contributed by atoms with Gasteiger partial charge in [-0.25, -0.2) is 9.59 Å². The highest BCUT2D eigenvalue weighted by atomic mass is 32.2. The number of hydrogen-bond acceptors (Lipinski definition) is 11. The van der Waals surface area contributed by atoms with Gasteiger partial charge in [0.25, 0.3) is 5.91 Å². The molecule has 0 radical (unpaired) electrons. The summed E-state index contributed by atoms with van der Waals surface area (Å²) in [6.07, 6.45) is 0.752. The lowest BCUT2D eigenvalue weighted by atomic mass is 9.68. The van der Waals surface area contributed by atoms with Crippen LogP contribution in [0.2, 0.25) is 0 Å². The number of anilines is 2. The maximum absolute atomic E-state index is 14.1. The summed E-state index contributed by atoms with van der Waals surface area (Å²) in [5, 5.41) is 3.59. The predicted molar refractivity (Wildman–Crippen MR) is 196 cm³/mol. The Balaban J connectivity index is 0.988. The number of H-pyrrole nitrogens is 1. The van der Waals surface area contributed by atoms with Gasteiger partial charge < -0.3 is 24.5 Å². The normalized spacial score (nSPS) is 25.0. The molecule has 2 aliphatic heterocycles. The van der Waals surface area contributed by atoms with Crippen LogP contribution in [0.5, 0.6) is 5.75 Å². The lowest BCUT2D eigenvalue weighted by molar-refractivity contribution is -0.123. The molecule has 3 amide bonds. The fourth-order valence-corrected chi connectivity index (χ4v) is 11.5. The van der Waals surface area contributed by atoms with Crippen LogP contribution in [-0.2, 0) is 23.9 Å². The molecule has 14 heteroatoms. The van der Waals surface area contributed by atoms with Gasteiger partial charge >= 0.3 is 16.8 Å². The van der Waals surface area contributed by atoms with Gasteiger partial charge in [0, 0.05) is 21.7 Å². The fraction of sp³-hybridized carbons (Fsp3) is 0.333. The molecule has 7 atom stereocenters. The van der Waals surface area contributed by atoms with Crippen LogP contribution in [0, 0.1) is 29.6 Å². The van der Waals surface area contributed by atoms with E-state index in [2.05, 4.69) is 10.3 Å². The summed E-state index contributed by atoms with van der Waals surface area (Å²) in [5.41, 5.74) is 2.65. The minimum Gasteiger partial charge on any atom is -0.484 e. The van der Waals surface area contributed by atoms with Crippen molar-refractivity contribution in [2.24, 2.45) is 29.6 Å². The molecule has 2 N–H and O–H groups in total. The first-order valence-electron chi connectivity index (χ1n) is 17.5. The molecular weight excluding hydrogens is 719 g/mol. The van der Waals surface area contributed by atoms with E-state index in [-0.39, 0.29) is 71.3 Å². The Kier molecular flexibility index (Phi) is 9.19. The van der Waals surface area contributed by atoms with E-state index in [0.29, 0.717) is 28.3 Å². The van der Waals surface area contributed by atoms with E-state index in [0.717, 1.165) is 21.9 Å². The molecular formula is C39H35N3O9S2. The van der Waals surface area contributed by atoms with Crippen molar-refractivity contribution in [1.29, 1.82) is 0 Å². The lowest BCUT2D eigenvalue weighted by Gasteiger charge is -2.43. The number of aromatic nitrogens is 1. The highest BCUT2D eigenvalue weighted by Crippen LogP contribution is 2.68. The molecule has 8 rings (SSSR count). The Morgan fingerprint density at radius 1 is 0.811 bits per heavy atom. The van der Waals surface area contributed by atoms with Gasteiger partial charge in [-0.2, -0.15) is 0 Å². The fourth-order valence-electron chi connectivity index (χ4n) is 8.63. The van der Waals surface area contributed by atoms with Crippen molar-refractivity contribution < 1.29 is 38.2 Å². The minimum atomic E-state index is -0.471. The Morgan fingerprint density at radius 3 is 2.04 bits per heavy atom. The van der Waals surface area contributed by atoms with Gasteiger partial charge in [0.1, 0.15) is 5.75 Å². The van der Waals surface area contributed by atoms with E-state index < -0.39 is 23.8 Å². The Hall–Kier alpha value is -5.21. The molecule has 3 fully saturated rings. The molecule has 1 saturated heterocycles. The summed E-state index contributed by atoms with van der Waals surface area (Å²) >= 11 is 2.80. The van der Waals surface area contributed by atoms with Gasteiger partial charge in [-0.15, -0.1) is 11.8 Å². The van der Waals surface area contributed by atoms with Crippen LogP contribution in [0.4, 0.5) is 11.4 Å². The van der Waals surface area contributed by atoms with Crippen LogP contribution in [-0.4, -0.2) is 59.7 Å².